The Balaban J connectivity index is 2.53. The summed E-state index contributed by atoms with van der Waals surface area (Å²) in [7, 11) is 3.70. The van der Waals surface area contributed by atoms with E-state index in [4.69, 9.17) is 0 Å². The van der Waals surface area contributed by atoms with Gasteiger partial charge in [-0.2, -0.15) is 0 Å². The number of imidazole rings is 1. The van der Waals surface area contributed by atoms with Gasteiger partial charge in [-0.05, 0) is 26.1 Å². The van der Waals surface area contributed by atoms with E-state index in [0.29, 0.717) is 17.8 Å². The minimum absolute atomic E-state index is 0.326. The van der Waals surface area contributed by atoms with Crippen LogP contribution in [0.15, 0.2) is 18.2 Å². The largest absolute Gasteiger partial charge is 0.334 e. The number of hydrogen-bond acceptors (Lipinski definition) is 2. The molecule has 2 aromatic rings. The fourth-order valence-electron chi connectivity index (χ4n) is 1.89. The average Bonchev–Trinajstić information content (AvgIpc) is 2.58. The van der Waals surface area contributed by atoms with Gasteiger partial charge in [-0.1, -0.05) is 0 Å². The summed E-state index contributed by atoms with van der Waals surface area (Å²) in [6.45, 7) is 2.46. The summed E-state index contributed by atoms with van der Waals surface area (Å²) in [6, 6.07) is 3.54. The molecule has 1 heterocycles. The Morgan fingerprint density at radius 2 is 2.06 bits per heavy atom. The molecular formula is C13H15F2N3. The van der Waals surface area contributed by atoms with Crippen LogP contribution in [0.1, 0.15) is 11.5 Å². The number of nitrogens with zero attached hydrogens (tertiary/aromatic N) is 2. The highest BCUT2D eigenvalue weighted by molar-refractivity contribution is 5.63. The van der Waals surface area contributed by atoms with Gasteiger partial charge in [0.15, 0.2) is 0 Å². The lowest BCUT2D eigenvalue weighted by molar-refractivity contribution is 0.585. The van der Waals surface area contributed by atoms with Gasteiger partial charge in [0.25, 0.3) is 0 Å². The summed E-state index contributed by atoms with van der Waals surface area (Å²) in [6.07, 6.45) is 0. The molecule has 0 fully saturated rings. The first-order valence-electron chi connectivity index (χ1n) is 5.66. The average molecular weight is 251 g/mol. The molecule has 0 bridgehead atoms. The van der Waals surface area contributed by atoms with Crippen molar-refractivity contribution < 1.29 is 8.78 Å². The lowest BCUT2D eigenvalue weighted by Gasteiger charge is -2.02. The third kappa shape index (κ3) is 2.13. The normalized spacial score (nSPS) is 10.9. The van der Waals surface area contributed by atoms with E-state index in [-0.39, 0.29) is 0 Å². The van der Waals surface area contributed by atoms with E-state index in [9.17, 15) is 8.78 Å². The van der Waals surface area contributed by atoms with E-state index >= 15 is 0 Å². The van der Waals surface area contributed by atoms with Gasteiger partial charge >= 0.3 is 0 Å². The van der Waals surface area contributed by atoms with E-state index in [1.54, 1.807) is 0 Å². The van der Waals surface area contributed by atoms with Crippen molar-refractivity contribution in [2.75, 3.05) is 7.05 Å². The Hall–Kier alpha value is -1.75. The lowest BCUT2D eigenvalue weighted by Crippen LogP contribution is -2.10. The van der Waals surface area contributed by atoms with Crippen molar-refractivity contribution >= 4 is 0 Å². The van der Waals surface area contributed by atoms with Gasteiger partial charge in [0.1, 0.15) is 17.5 Å². The SMILES string of the molecule is CNCc1nc(-c2ccc(F)cc2F)c(C)n1C. The number of hydrogen-bond donors (Lipinski definition) is 1. The molecule has 3 nitrogen and oxygen atoms in total. The van der Waals surface area contributed by atoms with Crippen LogP contribution in [0.4, 0.5) is 8.78 Å². The van der Waals surface area contributed by atoms with Crippen LogP contribution >= 0.6 is 0 Å². The molecule has 1 aromatic heterocycles. The third-order valence-electron chi connectivity index (χ3n) is 2.99. The molecule has 0 aliphatic rings. The Morgan fingerprint density at radius 3 is 2.67 bits per heavy atom. The van der Waals surface area contributed by atoms with Gasteiger partial charge in [-0.25, -0.2) is 13.8 Å². The van der Waals surface area contributed by atoms with Crippen molar-refractivity contribution in [2.24, 2.45) is 7.05 Å². The van der Waals surface area contributed by atoms with Crippen LogP contribution < -0.4 is 5.32 Å². The highest BCUT2D eigenvalue weighted by atomic mass is 19.1. The van der Waals surface area contributed by atoms with E-state index < -0.39 is 11.6 Å². The standard InChI is InChI=1S/C13H15F2N3/c1-8-13(17-12(7-16-2)18(8)3)10-5-4-9(14)6-11(10)15/h4-6,16H,7H2,1-3H3. The Labute approximate surface area is 104 Å². The van der Waals surface area contributed by atoms with Crippen LogP contribution in [0.2, 0.25) is 0 Å². The quantitative estimate of drug-likeness (QED) is 0.907. The van der Waals surface area contributed by atoms with Crippen LogP contribution in [0, 0.1) is 18.6 Å². The first kappa shape index (κ1) is 12.7. The summed E-state index contributed by atoms with van der Waals surface area (Å²) < 4.78 is 28.5. The predicted octanol–water partition coefficient (Wildman–Crippen LogP) is 2.39. The number of halogens is 2. The zero-order valence-electron chi connectivity index (χ0n) is 10.6. The molecule has 5 heteroatoms. The zero-order valence-corrected chi connectivity index (χ0v) is 10.6. The summed E-state index contributed by atoms with van der Waals surface area (Å²) in [4.78, 5) is 4.40. The molecule has 0 saturated carbocycles. The van der Waals surface area contributed by atoms with Crippen molar-refractivity contribution in [3.8, 4) is 11.3 Å². The molecule has 0 amide bonds. The van der Waals surface area contributed by atoms with Crippen LogP contribution in [0.5, 0.6) is 0 Å². The minimum Gasteiger partial charge on any atom is -0.334 e. The number of aromatic nitrogens is 2. The number of rotatable bonds is 3. The van der Waals surface area contributed by atoms with Crippen LogP contribution in [-0.4, -0.2) is 16.6 Å². The summed E-state index contributed by atoms with van der Waals surface area (Å²) >= 11 is 0. The number of nitrogens with one attached hydrogen (secondary N) is 1. The van der Waals surface area contributed by atoms with Crippen molar-refractivity contribution in [1.82, 2.24) is 14.9 Å². The molecular weight excluding hydrogens is 236 g/mol. The number of benzene rings is 1. The van der Waals surface area contributed by atoms with Crippen molar-refractivity contribution in [2.45, 2.75) is 13.5 Å². The first-order chi connectivity index (χ1) is 8.54. The second-order valence-corrected chi connectivity index (χ2v) is 4.18. The zero-order chi connectivity index (χ0) is 13.3. The van der Waals surface area contributed by atoms with Gasteiger partial charge in [-0.15, -0.1) is 0 Å². The molecule has 0 unspecified atom stereocenters. The second-order valence-electron chi connectivity index (χ2n) is 4.18. The fraction of sp³-hybridized carbons (Fsp3) is 0.308. The van der Waals surface area contributed by atoms with E-state index in [1.165, 1.54) is 12.1 Å². The summed E-state index contributed by atoms with van der Waals surface area (Å²) in [5.41, 5.74) is 1.73. The van der Waals surface area contributed by atoms with E-state index in [2.05, 4.69) is 10.3 Å². The first-order valence-corrected chi connectivity index (χ1v) is 5.66. The van der Waals surface area contributed by atoms with E-state index in [1.807, 2.05) is 25.6 Å². The molecule has 0 aliphatic carbocycles. The Morgan fingerprint density at radius 1 is 1.33 bits per heavy atom. The molecule has 2 rings (SSSR count). The van der Waals surface area contributed by atoms with Crippen molar-refractivity contribution in [1.29, 1.82) is 0 Å². The van der Waals surface area contributed by atoms with Crippen LogP contribution in [0.3, 0.4) is 0 Å². The molecule has 0 radical (unpaired) electrons. The monoisotopic (exact) mass is 251 g/mol. The topological polar surface area (TPSA) is 29.9 Å². The van der Waals surface area contributed by atoms with E-state index in [0.717, 1.165) is 17.6 Å². The highest BCUT2D eigenvalue weighted by Crippen LogP contribution is 2.26. The smallest absolute Gasteiger partial charge is 0.135 e. The van der Waals surface area contributed by atoms with Crippen LogP contribution in [0.25, 0.3) is 11.3 Å². The molecule has 0 aliphatic heterocycles. The maximum absolute atomic E-state index is 13.7. The summed E-state index contributed by atoms with van der Waals surface area (Å²) in [5.74, 6) is -0.360. The Bertz CT molecular complexity index is 576. The molecule has 96 valence electrons. The van der Waals surface area contributed by atoms with Crippen molar-refractivity contribution in [3.63, 3.8) is 0 Å². The minimum atomic E-state index is -0.591. The molecule has 1 N–H and O–H groups in total. The van der Waals surface area contributed by atoms with Gasteiger partial charge in [-0.3, -0.25) is 0 Å². The maximum Gasteiger partial charge on any atom is 0.135 e. The predicted molar refractivity (Wildman–Crippen MR) is 66.1 cm³/mol. The van der Waals surface area contributed by atoms with Crippen molar-refractivity contribution in [3.05, 3.63) is 41.4 Å². The molecule has 18 heavy (non-hydrogen) atoms. The molecule has 0 saturated heterocycles. The summed E-state index contributed by atoms with van der Waals surface area (Å²) in [5, 5.41) is 3.00. The highest BCUT2D eigenvalue weighted by Gasteiger charge is 2.15. The van der Waals surface area contributed by atoms with Gasteiger partial charge in [0, 0.05) is 24.4 Å². The second kappa shape index (κ2) is 4.86. The Kier molecular flexibility index (Phi) is 3.43. The molecule has 0 atom stereocenters. The van der Waals surface area contributed by atoms with Gasteiger partial charge in [0.2, 0.25) is 0 Å². The van der Waals surface area contributed by atoms with Gasteiger partial charge in [0.05, 0.1) is 12.2 Å². The lowest BCUT2D eigenvalue weighted by atomic mass is 10.1. The fourth-order valence-corrected chi connectivity index (χ4v) is 1.89. The van der Waals surface area contributed by atoms with Gasteiger partial charge < -0.3 is 9.88 Å². The maximum atomic E-state index is 13.7. The third-order valence-corrected chi connectivity index (χ3v) is 2.99. The molecule has 1 aromatic carbocycles. The molecule has 0 spiro atoms. The van der Waals surface area contributed by atoms with Crippen LogP contribution in [-0.2, 0) is 13.6 Å².